The Morgan fingerprint density at radius 1 is 1.26 bits per heavy atom. The van der Waals surface area contributed by atoms with Crippen LogP contribution in [0.1, 0.15) is 16.8 Å². The van der Waals surface area contributed by atoms with Crippen LogP contribution in [0.25, 0.3) is 0 Å². The van der Waals surface area contributed by atoms with E-state index in [9.17, 15) is 26.8 Å². The Bertz CT molecular complexity index is 1310. The summed E-state index contributed by atoms with van der Waals surface area (Å²) in [5, 5.41) is 4.76. The van der Waals surface area contributed by atoms with Crippen molar-refractivity contribution in [3.63, 3.8) is 0 Å². The molecule has 34 heavy (non-hydrogen) atoms. The second-order valence-electron chi connectivity index (χ2n) is 7.07. The molecule has 0 aromatic heterocycles. The number of nitrogens with zero attached hydrogens (tertiary/aromatic N) is 1. The van der Waals surface area contributed by atoms with Crippen molar-refractivity contribution in [2.45, 2.75) is 11.1 Å². The number of halogens is 3. The maximum Gasteiger partial charge on any atom is 0.333 e. The number of sulfonamides is 1. The molecule has 0 radical (unpaired) electrons. The number of rotatable bonds is 5. The number of fused-ring (bicyclic) bond motifs is 1. The Balaban J connectivity index is 1.45. The molecule has 3 N–H and O–H groups in total. The number of nitrogens with one attached hydrogen (secondary N) is 3. The zero-order valence-electron chi connectivity index (χ0n) is 17.4. The number of benzene rings is 2. The minimum Gasteiger partial charge on any atom is -0.469 e. The van der Waals surface area contributed by atoms with E-state index in [-0.39, 0.29) is 28.0 Å². The number of thioether (sulfide) groups is 1. The van der Waals surface area contributed by atoms with E-state index in [4.69, 9.17) is 16.3 Å². The van der Waals surface area contributed by atoms with Crippen molar-refractivity contribution in [1.29, 1.82) is 0 Å². The summed E-state index contributed by atoms with van der Waals surface area (Å²) in [6.45, 7) is -0.322. The minimum absolute atomic E-state index is 0.0309. The summed E-state index contributed by atoms with van der Waals surface area (Å²) in [5.41, 5.74) is -0.110. The van der Waals surface area contributed by atoms with Gasteiger partial charge in [0.2, 0.25) is 0 Å². The monoisotopic (exact) mass is 530 g/mol. The SMILES string of the molecule is CNc1c(F)cc2c(c1F)OCN(c1ccc(NC(=O)NS(=O)(=O)C3=CCC(Cl)S3)cc1)C2=O. The average Bonchev–Trinajstić information content (AvgIpc) is 3.23. The van der Waals surface area contributed by atoms with Crippen LogP contribution in [0.2, 0.25) is 0 Å². The average molecular weight is 531 g/mol. The number of ether oxygens (including phenoxy) is 1. The maximum absolute atomic E-state index is 14.4. The minimum atomic E-state index is -4.04. The topological polar surface area (TPSA) is 117 Å². The maximum atomic E-state index is 14.4. The molecule has 14 heteroatoms. The van der Waals surface area contributed by atoms with Gasteiger partial charge in [-0.05, 0) is 36.8 Å². The summed E-state index contributed by atoms with van der Waals surface area (Å²) in [4.78, 5) is 26.1. The fourth-order valence-corrected chi connectivity index (χ4v) is 6.16. The molecule has 3 amide bonds. The highest BCUT2D eigenvalue weighted by atomic mass is 35.5. The van der Waals surface area contributed by atoms with Gasteiger partial charge in [0, 0.05) is 18.4 Å². The number of anilines is 3. The summed E-state index contributed by atoms with van der Waals surface area (Å²) in [6, 6.07) is 5.67. The lowest BCUT2D eigenvalue weighted by Gasteiger charge is -2.29. The third-order valence-electron chi connectivity index (χ3n) is 4.88. The normalized spacial score (nSPS) is 17.5. The van der Waals surface area contributed by atoms with Gasteiger partial charge in [-0.25, -0.2) is 26.7 Å². The predicted molar refractivity (Wildman–Crippen MR) is 126 cm³/mol. The van der Waals surface area contributed by atoms with Gasteiger partial charge in [0.1, 0.15) is 15.7 Å². The number of carbonyl (C=O) groups is 2. The molecule has 2 heterocycles. The third-order valence-corrected chi connectivity index (χ3v) is 8.27. The van der Waals surface area contributed by atoms with Gasteiger partial charge in [-0.1, -0.05) is 17.8 Å². The van der Waals surface area contributed by atoms with E-state index in [0.717, 1.165) is 22.7 Å². The zero-order valence-corrected chi connectivity index (χ0v) is 19.8. The number of hydrogen-bond donors (Lipinski definition) is 3. The highest BCUT2D eigenvalue weighted by Gasteiger charge is 2.32. The standard InChI is InChI=1S/C20H17ClF2N4O5S2/c1-24-17-13(22)8-12-18(16(17)23)32-9-27(19(12)28)11-4-2-10(3-5-11)25-20(29)26-34(30,31)15-7-6-14(21)33-15/h2-5,7-8,14,24H,6,9H2,1H3,(H2,25,26,29). The smallest absolute Gasteiger partial charge is 0.333 e. The van der Waals surface area contributed by atoms with Crippen molar-refractivity contribution < 1.29 is 31.5 Å². The van der Waals surface area contributed by atoms with Crippen LogP contribution in [0.3, 0.4) is 0 Å². The Labute approximate surface area is 202 Å². The molecule has 9 nitrogen and oxygen atoms in total. The van der Waals surface area contributed by atoms with Crippen LogP contribution in [0.4, 0.5) is 30.6 Å². The summed E-state index contributed by atoms with van der Waals surface area (Å²) in [7, 11) is -2.70. The Morgan fingerprint density at radius 3 is 2.59 bits per heavy atom. The molecule has 2 aromatic carbocycles. The highest BCUT2D eigenvalue weighted by molar-refractivity contribution is 8.19. The number of carbonyl (C=O) groups excluding carboxylic acids is 2. The first-order chi connectivity index (χ1) is 16.1. The van der Waals surface area contributed by atoms with Crippen LogP contribution in [-0.4, -0.2) is 38.8 Å². The molecule has 2 aliphatic heterocycles. The van der Waals surface area contributed by atoms with Crippen LogP contribution >= 0.6 is 23.4 Å². The molecule has 0 fully saturated rings. The van der Waals surface area contributed by atoms with Gasteiger partial charge in [0.25, 0.3) is 15.9 Å². The predicted octanol–water partition coefficient (Wildman–Crippen LogP) is 4.00. The summed E-state index contributed by atoms with van der Waals surface area (Å²) in [5.74, 6) is -2.96. The first-order valence-electron chi connectivity index (χ1n) is 9.70. The van der Waals surface area contributed by atoms with Crippen LogP contribution in [0.5, 0.6) is 5.75 Å². The van der Waals surface area contributed by atoms with Crippen molar-refractivity contribution in [2.75, 3.05) is 29.3 Å². The zero-order chi connectivity index (χ0) is 24.6. The lowest BCUT2D eigenvalue weighted by atomic mass is 10.1. The van der Waals surface area contributed by atoms with Crippen LogP contribution in [0, 0.1) is 11.6 Å². The molecule has 0 aliphatic carbocycles. The van der Waals surface area contributed by atoms with E-state index in [1.807, 2.05) is 4.72 Å². The van der Waals surface area contributed by atoms with E-state index in [1.54, 1.807) is 0 Å². The van der Waals surface area contributed by atoms with Crippen LogP contribution in [0.15, 0.2) is 40.6 Å². The molecule has 0 spiro atoms. The van der Waals surface area contributed by atoms with Gasteiger partial charge >= 0.3 is 6.03 Å². The lowest BCUT2D eigenvalue weighted by molar-refractivity contribution is 0.0932. The molecule has 2 aliphatic rings. The first kappa shape index (κ1) is 24.1. The van der Waals surface area contributed by atoms with Crippen LogP contribution in [-0.2, 0) is 10.0 Å². The summed E-state index contributed by atoms with van der Waals surface area (Å²) >= 11 is 6.80. The largest absolute Gasteiger partial charge is 0.469 e. The molecular weight excluding hydrogens is 514 g/mol. The third kappa shape index (κ3) is 4.63. The van der Waals surface area contributed by atoms with Crippen molar-refractivity contribution in [1.82, 2.24) is 4.72 Å². The molecule has 2 aromatic rings. The first-order valence-corrected chi connectivity index (χ1v) is 12.5. The molecule has 0 saturated carbocycles. The van der Waals surface area contributed by atoms with Crippen molar-refractivity contribution >= 4 is 62.4 Å². The second-order valence-corrected chi connectivity index (χ2v) is 11.0. The molecule has 180 valence electrons. The van der Waals surface area contributed by atoms with Crippen molar-refractivity contribution in [3.05, 3.63) is 57.8 Å². The van der Waals surface area contributed by atoms with Gasteiger partial charge in [-0.2, -0.15) is 0 Å². The Hall–Kier alpha value is -3.03. The summed E-state index contributed by atoms with van der Waals surface area (Å²) in [6.07, 6.45) is 1.80. The summed E-state index contributed by atoms with van der Waals surface area (Å²) < 4.78 is 59.8. The van der Waals surface area contributed by atoms with E-state index < -0.39 is 44.0 Å². The van der Waals surface area contributed by atoms with Crippen LogP contribution < -0.4 is 25.0 Å². The van der Waals surface area contributed by atoms with E-state index in [0.29, 0.717) is 12.1 Å². The Kier molecular flexibility index (Phi) is 6.60. The van der Waals surface area contributed by atoms with Gasteiger partial charge < -0.3 is 15.4 Å². The molecule has 4 rings (SSSR count). The fourth-order valence-electron chi connectivity index (χ4n) is 3.29. The molecule has 0 saturated heterocycles. The lowest BCUT2D eigenvalue weighted by Crippen LogP contribution is -2.39. The number of hydrogen-bond acceptors (Lipinski definition) is 7. The highest BCUT2D eigenvalue weighted by Crippen LogP contribution is 2.38. The van der Waals surface area contributed by atoms with E-state index in [1.165, 1.54) is 37.4 Å². The van der Waals surface area contributed by atoms with Gasteiger partial charge in [0.15, 0.2) is 18.3 Å². The number of urea groups is 1. The molecule has 0 bridgehead atoms. The second kappa shape index (κ2) is 9.31. The number of amides is 3. The molecular formula is C20H17ClF2N4O5S2. The van der Waals surface area contributed by atoms with Gasteiger partial charge in [0.05, 0.1) is 10.3 Å². The van der Waals surface area contributed by atoms with E-state index in [2.05, 4.69) is 10.6 Å². The van der Waals surface area contributed by atoms with Crippen molar-refractivity contribution in [3.8, 4) is 5.75 Å². The van der Waals surface area contributed by atoms with E-state index >= 15 is 0 Å². The Morgan fingerprint density at radius 2 is 1.97 bits per heavy atom. The quantitative estimate of drug-likeness (QED) is 0.500. The van der Waals surface area contributed by atoms with Gasteiger partial charge in [-0.3, -0.25) is 9.69 Å². The number of alkyl halides is 1. The van der Waals surface area contributed by atoms with Gasteiger partial charge in [-0.15, -0.1) is 11.6 Å². The van der Waals surface area contributed by atoms with Crippen molar-refractivity contribution in [2.24, 2.45) is 0 Å². The molecule has 1 atom stereocenters. The fraction of sp³-hybridized carbons (Fsp3) is 0.200. The molecule has 1 unspecified atom stereocenters. The number of allylic oxidation sites excluding steroid dienone is 1.